The number of carboxylic acid groups (broad SMARTS) is 2. The van der Waals surface area contributed by atoms with Crippen LogP contribution in [-0.2, 0) is 24.0 Å². The number of carbonyl (C=O) groups excluding carboxylic acids is 3. The Morgan fingerprint density at radius 3 is 1.91 bits per heavy atom. The average Bonchev–Trinajstić information content (AvgIpc) is 2.67. The van der Waals surface area contributed by atoms with Gasteiger partial charge < -0.3 is 37.0 Å². The fourth-order valence-electron chi connectivity index (χ4n) is 2.65. The minimum absolute atomic E-state index is 0.0542. The van der Waals surface area contributed by atoms with Crippen molar-refractivity contribution in [2.45, 2.75) is 70.3 Å². The van der Waals surface area contributed by atoms with E-state index in [1.54, 1.807) is 13.8 Å². The van der Waals surface area contributed by atoms with Gasteiger partial charge in [-0.05, 0) is 37.7 Å². The summed E-state index contributed by atoms with van der Waals surface area (Å²) >= 11 is 1.46. The first-order valence-electron chi connectivity index (χ1n) is 10.1. The van der Waals surface area contributed by atoms with Crippen molar-refractivity contribution in [3.63, 3.8) is 0 Å². The van der Waals surface area contributed by atoms with E-state index in [-0.39, 0.29) is 12.3 Å². The lowest BCUT2D eigenvalue weighted by molar-refractivity contribution is -0.144. The van der Waals surface area contributed by atoms with Gasteiger partial charge in [0.15, 0.2) is 0 Å². The molecule has 0 bridgehead atoms. The highest BCUT2D eigenvalue weighted by Gasteiger charge is 2.33. The summed E-state index contributed by atoms with van der Waals surface area (Å²) in [6, 6.07) is -5.34. The summed E-state index contributed by atoms with van der Waals surface area (Å²) in [6.07, 6.45) is 0.0268. The summed E-state index contributed by atoms with van der Waals surface area (Å²) in [5.41, 5.74) is 5.74. The molecule has 0 aliphatic carbocycles. The zero-order chi connectivity index (χ0) is 25.0. The van der Waals surface area contributed by atoms with Crippen LogP contribution in [0.15, 0.2) is 0 Å². The average molecular weight is 479 g/mol. The van der Waals surface area contributed by atoms with E-state index in [4.69, 9.17) is 10.8 Å². The van der Waals surface area contributed by atoms with E-state index < -0.39 is 66.4 Å². The third-order valence-corrected chi connectivity index (χ3v) is 5.01. The molecule has 8 N–H and O–H groups in total. The molecule has 0 saturated heterocycles. The smallest absolute Gasteiger partial charge is 0.326 e. The van der Waals surface area contributed by atoms with Crippen molar-refractivity contribution in [1.82, 2.24) is 16.0 Å². The van der Waals surface area contributed by atoms with E-state index in [1.807, 2.05) is 6.26 Å². The van der Waals surface area contributed by atoms with Crippen LogP contribution in [0.1, 0.15) is 40.0 Å². The molecule has 13 heteroatoms. The molecule has 5 unspecified atom stereocenters. The van der Waals surface area contributed by atoms with E-state index >= 15 is 0 Å². The highest BCUT2D eigenvalue weighted by Crippen LogP contribution is 2.07. The fraction of sp³-hybridized carbons (Fsp3) is 0.737. The number of nitrogens with two attached hydrogens (primary N) is 1. The summed E-state index contributed by atoms with van der Waals surface area (Å²) in [6.45, 7) is 4.73. The second-order valence-electron chi connectivity index (χ2n) is 7.80. The molecular formula is C19H34N4O8S. The Kier molecular flexibility index (Phi) is 13.5. The SMILES string of the molecule is CSCCC(N)C(=O)NC(CC(=O)O)C(=O)NC(C(=O)NC(CC(C)C)C(=O)O)C(C)O. The Hall–Kier alpha value is -2.38. The molecule has 0 radical (unpaired) electrons. The van der Waals surface area contributed by atoms with Crippen molar-refractivity contribution in [2.75, 3.05) is 12.0 Å². The van der Waals surface area contributed by atoms with Gasteiger partial charge in [-0.25, -0.2) is 4.79 Å². The van der Waals surface area contributed by atoms with Crippen molar-refractivity contribution in [2.24, 2.45) is 11.7 Å². The molecule has 0 aromatic heterocycles. The van der Waals surface area contributed by atoms with Crippen molar-refractivity contribution in [3.8, 4) is 0 Å². The summed E-state index contributed by atoms with van der Waals surface area (Å²) in [4.78, 5) is 59.9. The van der Waals surface area contributed by atoms with Gasteiger partial charge in [0, 0.05) is 0 Å². The fourth-order valence-corrected chi connectivity index (χ4v) is 3.14. The molecule has 0 aromatic rings. The molecule has 0 aliphatic heterocycles. The van der Waals surface area contributed by atoms with E-state index in [1.165, 1.54) is 18.7 Å². The van der Waals surface area contributed by atoms with Crippen molar-refractivity contribution in [1.29, 1.82) is 0 Å². The van der Waals surface area contributed by atoms with Crippen LogP contribution in [-0.4, -0.2) is 87.3 Å². The number of aliphatic hydroxyl groups is 1. The Balaban J connectivity index is 5.39. The van der Waals surface area contributed by atoms with Crippen LogP contribution in [0.5, 0.6) is 0 Å². The van der Waals surface area contributed by atoms with Crippen LogP contribution in [0.2, 0.25) is 0 Å². The zero-order valence-electron chi connectivity index (χ0n) is 18.7. The summed E-state index contributed by atoms with van der Waals surface area (Å²) in [5, 5.41) is 35.0. The molecule has 0 fully saturated rings. The predicted octanol–water partition coefficient (Wildman–Crippen LogP) is -1.49. The monoisotopic (exact) mass is 478 g/mol. The van der Waals surface area contributed by atoms with Gasteiger partial charge in [-0.15, -0.1) is 0 Å². The Morgan fingerprint density at radius 1 is 0.906 bits per heavy atom. The second kappa shape index (κ2) is 14.6. The molecule has 0 heterocycles. The standard InChI is InChI=1S/C19H34N4O8S/c1-9(2)7-13(19(30)31)22-18(29)15(10(3)24)23-17(28)12(8-14(25)26)21-16(27)11(20)5-6-32-4/h9-13,15,24H,5-8,20H2,1-4H3,(H,21,27)(H,22,29)(H,23,28)(H,25,26)(H,30,31). The number of carbonyl (C=O) groups is 5. The first-order valence-corrected chi connectivity index (χ1v) is 11.5. The Morgan fingerprint density at radius 2 is 1.47 bits per heavy atom. The number of aliphatic carboxylic acids is 2. The summed E-state index contributed by atoms with van der Waals surface area (Å²) in [5.74, 6) is -4.87. The van der Waals surface area contributed by atoms with Crippen molar-refractivity contribution < 1.29 is 39.3 Å². The van der Waals surface area contributed by atoms with Crippen LogP contribution in [0.25, 0.3) is 0 Å². The number of hydrogen-bond acceptors (Lipinski definition) is 8. The van der Waals surface area contributed by atoms with E-state index in [0.717, 1.165) is 0 Å². The highest BCUT2D eigenvalue weighted by atomic mass is 32.2. The molecule has 3 amide bonds. The third kappa shape index (κ3) is 11.3. The number of aliphatic hydroxyl groups excluding tert-OH is 1. The van der Waals surface area contributed by atoms with Gasteiger partial charge >= 0.3 is 11.9 Å². The first kappa shape index (κ1) is 29.6. The van der Waals surface area contributed by atoms with Gasteiger partial charge in [-0.1, -0.05) is 13.8 Å². The molecule has 0 aliphatic rings. The topological polar surface area (TPSA) is 208 Å². The summed E-state index contributed by atoms with van der Waals surface area (Å²) < 4.78 is 0. The van der Waals surface area contributed by atoms with Gasteiger partial charge in [0.25, 0.3) is 0 Å². The van der Waals surface area contributed by atoms with E-state index in [9.17, 15) is 34.2 Å². The predicted molar refractivity (Wildman–Crippen MR) is 118 cm³/mol. The van der Waals surface area contributed by atoms with Crippen molar-refractivity contribution in [3.05, 3.63) is 0 Å². The van der Waals surface area contributed by atoms with E-state index in [0.29, 0.717) is 12.2 Å². The molecular weight excluding hydrogens is 444 g/mol. The van der Waals surface area contributed by atoms with Gasteiger partial charge in [-0.2, -0.15) is 11.8 Å². The first-order chi connectivity index (χ1) is 14.8. The van der Waals surface area contributed by atoms with E-state index in [2.05, 4.69) is 16.0 Å². The largest absolute Gasteiger partial charge is 0.481 e. The molecule has 5 atom stereocenters. The molecule has 0 spiro atoms. The minimum Gasteiger partial charge on any atom is -0.481 e. The number of carboxylic acids is 2. The van der Waals surface area contributed by atoms with Gasteiger partial charge in [-0.3, -0.25) is 19.2 Å². The number of nitrogens with one attached hydrogen (secondary N) is 3. The Labute approximate surface area is 191 Å². The minimum atomic E-state index is -1.57. The van der Waals surface area contributed by atoms with Crippen LogP contribution < -0.4 is 21.7 Å². The maximum atomic E-state index is 12.6. The van der Waals surface area contributed by atoms with Crippen LogP contribution >= 0.6 is 11.8 Å². The zero-order valence-corrected chi connectivity index (χ0v) is 19.5. The molecule has 0 aromatic carbocycles. The van der Waals surface area contributed by atoms with Gasteiger partial charge in [0.05, 0.1) is 18.6 Å². The van der Waals surface area contributed by atoms with Crippen LogP contribution in [0.4, 0.5) is 0 Å². The number of rotatable bonds is 15. The highest BCUT2D eigenvalue weighted by molar-refractivity contribution is 7.98. The quantitative estimate of drug-likeness (QED) is 0.145. The lowest BCUT2D eigenvalue weighted by Gasteiger charge is -2.26. The lowest BCUT2D eigenvalue weighted by Crippen LogP contribution is -2.60. The molecule has 0 rings (SSSR count). The lowest BCUT2D eigenvalue weighted by atomic mass is 10.0. The summed E-state index contributed by atoms with van der Waals surface area (Å²) in [7, 11) is 0. The maximum Gasteiger partial charge on any atom is 0.326 e. The number of amides is 3. The third-order valence-electron chi connectivity index (χ3n) is 4.37. The molecule has 184 valence electrons. The normalized spacial score (nSPS) is 15.7. The van der Waals surface area contributed by atoms with Crippen LogP contribution in [0, 0.1) is 5.92 Å². The molecule has 12 nitrogen and oxygen atoms in total. The van der Waals surface area contributed by atoms with Crippen molar-refractivity contribution >= 4 is 41.4 Å². The van der Waals surface area contributed by atoms with Gasteiger partial charge in [0.1, 0.15) is 18.1 Å². The number of thioether (sulfide) groups is 1. The Bertz CT molecular complexity index is 674. The van der Waals surface area contributed by atoms with Crippen LogP contribution in [0.3, 0.4) is 0 Å². The molecule has 0 saturated carbocycles. The second-order valence-corrected chi connectivity index (χ2v) is 8.79. The maximum absolute atomic E-state index is 12.6. The van der Waals surface area contributed by atoms with Gasteiger partial charge in [0.2, 0.25) is 17.7 Å². The molecule has 32 heavy (non-hydrogen) atoms. The number of hydrogen-bond donors (Lipinski definition) is 7.